The predicted molar refractivity (Wildman–Crippen MR) is 126 cm³/mol. The number of nitrogens with one attached hydrogen (secondary N) is 1. The Morgan fingerprint density at radius 1 is 1.11 bits per heavy atom. The summed E-state index contributed by atoms with van der Waals surface area (Å²) in [4.78, 5) is 3.87. The molecule has 0 aliphatic heterocycles. The van der Waals surface area contributed by atoms with E-state index in [4.69, 9.17) is 4.74 Å². The molecule has 3 heteroatoms. The third-order valence-electron chi connectivity index (χ3n) is 5.59. The fraction of sp³-hybridized carbons (Fsp3) is 0.600. The molecule has 1 atom stereocenters. The van der Waals surface area contributed by atoms with E-state index in [0.29, 0.717) is 5.54 Å². The Balaban J connectivity index is 1.88. The van der Waals surface area contributed by atoms with Crippen LogP contribution >= 0.6 is 0 Å². The van der Waals surface area contributed by atoms with Crippen molar-refractivity contribution in [2.45, 2.75) is 83.5 Å². The molecule has 0 fully saturated rings. The molecule has 1 N–H and O–H groups in total. The van der Waals surface area contributed by atoms with E-state index >= 15 is 0 Å². The van der Waals surface area contributed by atoms with E-state index in [1.807, 2.05) is 6.08 Å². The zero-order chi connectivity index (χ0) is 20.6. The second-order valence-corrected chi connectivity index (χ2v) is 14.0. The monoisotopic (exact) mass is 399 g/mol. The molecule has 2 rings (SSSR count). The predicted octanol–water partition coefficient (Wildman–Crippen LogP) is 6.84. The highest BCUT2D eigenvalue weighted by atomic mass is 28.3. The summed E-state index contributed by atoms with van der Waals surface area (Å²) >= 11 is 0. The van der Waals surface area contributed by atoms with Crippen LogP contribution in [-0.2, 0) is 4.74 Å². The van der Waals surface area contributed by atoms with Crippen molar-refractivity contribution in [1.29, 1.82) is 0 Å². The maximum Gasteiger partial charge on any atom is 0.130 e. The fourth-order valence-electron chi connectivity index (χ4n) is 4.01. The summed E-state index contributed by atoms with van der Waals surface area (Å²) in [5.41, 5.74) is 5.17. The summed E-state index contributed by atoms with van der Waals surface area (Å²) in [7, 11) is -1.57. The van der Waals surface area contributed by atoms with Crippen LogP contribution in [0.4, 0.5) is 0 Å². The summed E-state index contributed by atoms with van der Waals surface area (Å²) in [6, 6.07) is 9.06. The molecule has 0 radical (unpaired) electrons. The van der Waals surface area contributed by atoms with Crippen LogP contribution in [-0.4, -0.2) is 27.0 Å². The average Bonchev–Trinajstić information content (AvgIpc) is 3.00. The second-order valence-electron chi connectivity index (χ2n) is 9.61. The molecule has 1 unspecified atom stereocenters. The average molecular weight is 400 g/mol. The molecular weight excluding hydrogens is 358 g/mol. The molecule has 28 heavy (non-hydrogen) atoms. The molecule has 2 nitrogen and oxygen atoms in total. The first-order valence-corrected chi connectivity index (χ1v) is 14.1. The highest BCUT2D eigenvalue weighted by Gasteiger charge is 2.36. The molecule has 1 aromatic rings. The minimum absolute atomic E-state index is 0.0101. The number of hydrogen-bond acceptors (Lipinski definition) is 2. The van der Waals surface area contributed by atoms with Gasteiger partial charge in [0.15, 0.2) is 0 Å². The number of rotatable bonds is 12. The van der Waals surface area contributed by atoms with Crippen molar-refractivity contribution in [3.05, 3.63) is 54.1 Å². The van der Waals surface area contributed by atoms with E-state index in [0.717, 1.165) is 19.6 Å². The third-order valence-corrected chi connectivity index (χ3v) is 8.79. The second kappa shape index (κ2) is 10.6. The van der Waals surface area contributed by atoms with E-state index in [-0.39, 0.29) is 5.60 Å². The number of unbranched alkanes of at least 4 members (excludes halogenated alkanes) is 3. The van der Waals surface area contributed by atoms with Gasteiger partial charge in [-0.15, -0.1) is 6.58 Å². The molecule has 0 amide bonds. The molecule has 1 aliphatic carbocycles. The third kappa shape index (κ3) is 7.02. The molecular formula is C25H41NOSi. The molecule has 0 heterocycles. The van der Waals surface area contributed by atoms with Gasteiger partial charge in [-0.05, 0) is 69.7 Å². The lowest BCUT2D eigenvalue weighted by Gasteiger charge is -2.30. The molecule has 1 aliphatic rings. The lowest BCUT2D eigenvalue weighted by molar-refractivity contribution is -0.00472. The normalized spacial score (nSPS) is 16.8. The topological polar surface area (TPSA) is 21.3 Å². The van der Waals surface area contributed by atoms with Gasteiger partial charge in [0.25, 0.3) is 0 Å². The van der Waals surface area contributed by atoms with Crippen LogP contribution in [0.2, 0.25) is 13.1 Å². The van der Waals surface area contributed by atoms with E-state index in [9.17, 15) is 0 Å². The van der Waals surface area contributed by atoms with Crippen LogP contribution in [0, 0.1) is 0 Å². The highest BCUT2D eigenvalue weighted by molar-refractivity contribution is 6.77. The fourth-order valence-corrected chi connectivity index (χ4v) is 6.67. The smallest absolute Gasteiger partial charge is 0.130 e. The Morgan fingerprint density at radius 2 is 1.82 bits per heavy atom. The van der Waals surface area contributed by atoms with Crippen LogP contribution in [0.15, 0.2) is 43.0 Å². The molecule has 0 spiro atoms. The Labute approximate surface area is 174 Å². The molecule has 156 valence electrons. The Hall–Kier alpha value is -1.16. The van der Waals surface area contributed by atoms with Crippen LogP contribution in [0.3, 0.4) is 0 Å². The van der Waals surface area contributed by atoms with Crippen molar-refractivity contribution >= 4 is 13.8 Å². The largest absolute Gasteiger partial charge is 0.376 e. The molecule has 0 saturated carbocycles. The summed E-state index contributed by atoms with van der Waals surface area (Å²) in [6.07, 6.45) is 11.8. The van der Waals surface area contributed by atoms with Crippen LogP contribution in [0.5, 0.6) is 0 Å². The van der Waals surface area contributed by atoms with Gasteiger partial charge in [-0.3, -0.25) is 0 Å². The van der Waals surface area contributed by atoms with Crippen molar-refractivity contribution in [3.8, 4) is 0 Å². The maximum absolute atomic E-state index is 5.83. The van der Waals surface area contributed by atoms with E-state index in [1.54, 1.807) is 11.1 Å². The number of ether oxygens (including phenoxy) is 1. The van der Waals surface area contributed by atoms with E-state index < -0.39 is 8.24 Å². The number of hydrogen-bond donors (Lipinski definition) is 1. The zero-order valence-corrected chi connectivity index (χ0v) is 19.8. The minimum Gasteiger partial charge on any atom is -0.376 e. The van der Waals surface area contributed by atoms with Crippen LogP contribution in [0.25, 0.3) is 5.57 Å². The van der Waals surface area contributed by atoms with Gasteiger partial charge in [0.2, 0.25) is 0 Å². The van der Waals surface area contributed by atoms with Gasteiger partial charge in [-0.25, -0.2) is 0 Å². The first-order chi connectivity index (χ1) is 13.2. The maximum atomic E-state index is 5.83. The summed E-state index contributed by atoms with van der Waals surface area (Å²) in [5, 5.41) is 0. The lowest BCUT2D eigenvalue weighted by Crippen LogP contribution is -2.49. The van der Waals surface area contributed by atoms with Crippen molar-refractivity contribution < 1.29 is 4.74 Å². The molecule has 1 aromatic carbocycles. The number of fused-ring (bicyclic) bond motifs is 1. The standard InChI is InChI=1S/C25H41NOSi/c1-7-8-18-26-28(5,6)24-20-21(22-16-12-13-17-23(22)24)15-11-9-10-14-19-27-25(2,3)4/h7,12-13,16-17,20,24,26H,1,8-11,14-15,18-19H2,2-6H3. The highest BCUT2D eigenvalue weighted by Crippen LogP contribution is 2.42. The molecule has 0 bridgehead atoms. The zero-order valence-electron chi connectivity index (χ0n) is 18.8. The Bertz CT molecular complexity index is 657. The van der Waals surface area contributed by atoms with Gasteiger partial charge in [-0.2, -0.15) is 0 Å². The molecule has 0 saturated heterocycles. The Kier molecular flexibility index (Phi) is 8.72. The molecule has 0 aromatic heterocycles. The number of allylic oxidation sites excluding steroid dienone is 2. The first kappa shape index (κ1) is 23.1. The van der Waals surface area contributed by atoms with Crippen molar-refractivity contribution in [1.82, 2.24) is 4.98 Å². The van der Waals surface area contributed by atoms with Crippen LogP contribution in [0.1, 0.15) is 76.0 Å². The lowest BCUT2D eigenvalue weighted by atomic mass is 10.0. The minimum atomic E-state index is -1.57. The van der Waals surface area contributed by atoms with Gasteiger partial charge >= 0.3 is 0 Å². The van der Waals surface area contributed by atoms with E-state index in [1.165, 1.54) is 37.7 Å². The summed E-state index contributed by atoms with van der Waals surface area (Å²) < 4.78 is 5.83. The van der Waals surface area contributed by atoms with Gasteiger partial charge < -0.3 is 9.72 Å². The van der Waals surface area contributed by atoms with Crippen LogP contribution < -0.4 is 4.98 Å². The van der Waals surface area contributed by atoms with Crippen molar-refractivity contribution in [2.75, 3.05) is 13.2 Å². The number of benzene rings is 1. The summed E-state index contributed by atoms with van der Waals surface area (Å²) in [6.45, 7) is 17.1. The van der Waals surface area contributed by atoms with Crippen molar-refractivity contribution in [2.24, 2.45) is 0 Å². The first-order valence-electron chi connectivity index (χ1n) is 11.0. The quantitative estimate of drug-likeness (QED) is 0.236. The van der Waals surface area contributed by atoms with Gasteiger partial charge in [0.05, 0.1) is 5.60 Å². The van der Waals surface area contributed by atoms with E-state index in [2.05, 4.69) is 75.8 Å². The SMILES string of the molecule is C=CCCN[Si](C)(C)C1C=C(CCCCCCOC(C)(C)C)c2ccccc21. The Morgan fingerprint density at radius 3 is 2.54 bits per heavy atom. The summed E-state index contributed by atoms with van der Waals surface area (Å²) in [5.74, 6) is 0. The van der Waals surface area contributed by atoms with Gasteiger partial charge in [0.1, 0.15) is 8.24 Å². The van der Waals surface area contributed by atoms with Gasteiger partial charge in [0, 0.05) is 12.1 Å². The van der Waals surface area contributed by atoms with Crippen molar-refractivity contribution in [3.63, 3.8) is 0 Å². The van der Waals surface area contributed by atoms with Gasteiger partial charge in [-0.1, -0.05) is 62.4 Å².